The van der Waals surface area contributed by atoms with Crippen LogP contribution in [0.4, 0.5) is 0 Å². The molecule has 0 amide bonds. The summed E-state index contributed by atoms with van der Waals surface area (Å²) in [6.07, 6.45) is 3.81. The number of allylic oxidation sites excluding steroid dienone is 4. The minimum Gasteiger partial charge on any atom is -0.289 e. The van der Waals surface area contributed by atoms with Crippen molar-refractivity contribution in [1.82, 2.24) is 0 Å². The molecule has 0 N–H and O–H groups in total. The van der Waals surface area contributed by atoms with E-state index in [0.29, 0.717) is 0 Å². The predicted octanol–water partition coefficient (Wildman–Crippen LogP) is 3.74. The number of hydrogen-bond donors (Lipinski definition) is 0. The minimum absolute atomic E-state index is 0.104. The van der Waals surface area contributed by atoms with Crippen LogP contribution in [0.2, 0.25) is 0 Å². The van der Waals surface area contributed by atoms with Gasteiger partial charge < -0.3 is 0 Å². The highest BCUT2D eigenvalue weighted by Gasteiger charge is 2.21. The Morgan fingerprint density at radius 2 is 0.944 bits per heavy atom. The topological polar surface area (TPSA) is 17.1 Å². The molecular formula is C17H12O. The first-order valence-electron chi connectivity index (χ1n) is 5.94. The molecule has 0 atom stereocenters. The second-order valence-electron chi connectivity index (χ2n) is 4.22. The zero-order chi connectivity index (χ0) is 12.4. The summed E-state index contributed by atoms with van der Waals surface area (Å²) >= 11 is 0. The van der Waals surface area contributed by atoms with Gasteiger partial charge in [0, 0.05) is 11.1 Å². The van der Waals surface area contributed by atoms with Crippen molar-refractivity contribution in [3.8, 4) is 0 Å². The third-order valence-electron chi connectivity index (χ3n) is 3.08. The molecule has 2 aromatic carbocycles. The molecule has 1 aliphatic rings. The average Bonchev–Trinajstić information content (AvgIpc) is 2.83. The Kier molecular flexibility index (Phi) is 2.66. The molecule has 1 aliphatic carbocycles. The van der Waals surface area contributed by atoms with Crippen LogP contribution in [-0.2, 0) is 4.79 Å². The van der Waals surface area contributed by atoms with Gasteiger partial charge in [0.1, 0.15) is 0 Å². The summed E-state index contributed by atoms with van der Waals surface area (Å²) in [7, 11) is 0. The summed E-state index contributed by atoms with van der Waals surface area (Å²) < 4.78 is 0. The lowest BCUT2D eigenvalue weighted by molar-refractivity contribution is -0.108. The number of rotatable bonds is 2. The predicted molar refractivity (Wildman–Crippen MR) is 73.8 cm³/mol. The van der Waals surface area contributed by atoms with Gasteiger partial charge >= 0.3 is 0 Å². The second kappa shape index (κ2) is 4.46. The summed E-state index contributed by atoms with van der Waals surface area (Å²) in [4.78, 5) is 12.4. The van der Waals surface area contributed by atoms with Crippen LogP contribution in [0.1, 0.15) is 11.1 Å². The smallest absolute Gasteiger partial charge is 0.194 e. The summed E-state index contributed by atoms with van der Waals surface area (Å²) in [6, 6.07) is 19.6. The van der Waals surface area contributed by atoms with Gasteiger partial charge in [0.15, 0.2) is 5.78 Å². The lowest BCUT2D eigenvalue weighted by atomic mass is 9.98. The van der Waals surface area contributed by atoms with E-state index in [-0.39, 0.29) is 5.78 Å². The molecule has 0 bridgehead atoms. The molecule has 18 heavy (non-hydrogen) atoms. The molecule has 0 saturated heterocycles. The first-order valence-corrected chi connectivity index (χ1v) is 5.94. The first kappa shape index (κ1) is 10.7. The van der Waals surface area contributed by atoms with E-state index in [9.17, 15) is 4.79 Å². The summed E-state index contributed by atoms with van der Waals surface area (Å²) in [5.41, 5.74) is 3.50. The van der Waals surface area contributed by atoms with E-state index in [4.69, 9.17) is 0 Å². The van der Waals surface area contributed by atoms with Crippen molar-refractivity contribution in [3.63, 3.8) is 0 Å². The van der Waals surface area contributed by atoms with Crippen molar-refractivity contribution in [1.29, 1.82) is 0 Å². The Bertz CT molecular complexity index is 576. The third-order valence-corrected chi connectivity index (χ3v) is 3.08. The maximum Gasteiger partial charge on any atom is 0.194 e. The number of hydrogen-bond acceptors (Lipinski definition) is 1. The number of ketones is 1. The molecule has 86 valence electrons. The quantitative estimate of drug-likeness (QED) is 0.771. The zero-order valence-corrected chi connectivity index (χ0v) is 9.84. The highest BCUT2D eigenvalue weighted by molar-refractivity contribution is 6.45. The van der Waals surface area contributed by atoms with Crippen LogP contribution in [0.3, 0.4) is 0 Å². The van der Waals surface area contributed by atoms with Crippen molar-refractivity contribution < 1.29 is 4.79 Å². The molecule has 0 unspecified atom stereocenters. The van der Waals surface area contributed by atoms with E-state index in [1.807, 2.05) is 72.8 Å². The van der Waals surface area contributed by atoms with Gasteiger partial charge in [-0.1, -0.05) is 60.7 Å². The van der Waals surface area contributed by atoms with E-state index in [1.165, 1.54) is 0 Å². The standard InChI is InChI=1S/C17H12O/c18-17-15(13-7-3-1-4-8-13)11-12-16(17)14-9-5-2-6-10-14/h1-12H. The van der Waals surface area contributed by atoms with Crippen molar-refractivity contribution in [2.45, 2.75) is 0 Å². The van der Waals surface area contributed by atoms with Gasteiger partial charge in [-0.05, 0) is 23.3 Å². The van der Waals surface area contributed by atoms with Crippen molar-refractivity contribution in [2.75, 3.05) is 0 Å². The van der Waals surface area contributed by atoms with E-state index < -0.39 is 0 Å². The highest BCUT2D eigenvalue weighted by atomic mass is 16.1. The fourth-order valence-electron chi connectivity index (χ4n) is 2.15. The average molecular weight is 232 g/mol. The molecular weight excluding hydrogens is 220 g/mol. The van der Waals surface area contributed by atoms with Crippen molar-refractivity contribution in [2.24, 2.45) is 0 Å². The van der Waals surface area contributed by atoms with E-state index in [0.717, 1.165) is 22.3 Å². The minimum atomic E-state index is 0.104. The fraction of sp³-hybridized carbons (Fsp3) is 0. The van der Waals surface area contributed by atoms with Crippen molar-refractivity contribution >= 4 is 16.9 Å². The van der Waals surface area contributed by atoms with Crippen LogP contribution in [0.5, 0.6) is 0 Å². The molecule has 2 aromatic rings. The number of Topliss-reactive ketones (excluding diaryl/α,β-unsaturated/α-hetero) is 1. The Hall–Kier alpha value is -2.41. The van der Waals surface area contributed by atoms with Gasteiger partial charge in [0.05, 0.1) is 0 Å². The molecule has 0 heterocycles. The van der Waals surface area contributed by atoms with Crippen LogP contribution in [0.25, 0.3) is 11.1 Å². The lowest BCUT2D eigenvalue weighted by Crippen LogP contribution is -2.00. The van der Waals surface area contributed by atoms with Gasteiger partial charge in [0.25, 0.3) is 0 Å². The first-order chi connectivity index (χ1) is 8.86. The Morgan fingerprint density at radius 3 is 1.33 bits per heavy atom. The van der Waals surface area contributed by atoms with Gasteiger partial charge in [0.2, 0.25) is 0 Å². The molecule has 1 heteroatoms. The maximum atomic E-state index is 12.4. The number of benzene rings is 2. The molecule has 0 spiro atoms. The molecule has 1 nitrogen and oxygen atoms in total. The largest absolute Gasteiger partial charge is 0.289 e. The van der Waals surface area contributed by atoms with Crippen LogP contribution in [0, 0.1) is 0 Å². The van der Waals surface area contributed by atoms with Gasteiger partial charge in [-0.3, -0.25) is 4.79 Å². The summed E-state index contributed by atoms with van der Waals surface area (Å²) in [5, 5.41) is 0. The maximum absolute atomic E-state index is 12.4. The van der Waals surface area contributed by atoms with Gasteiger partial charge in [-0.2, -0.15) is 0 Å². The molecule has 0 fully saturated rings. The van der Waals surface area contributed by atoms with E-state index in [1.54, 1.807) is 0 Å². The highest BCUT2D eigenvalue weighted by Crippen LogP contribution is 2.30. The van der Waals surface area contributed by atoms with Crippen molar-refractivity contribution in [3.05, 3.63) is 83.9 Å². The van der Waals surface area contributed by atoms with Crippen LogP contribution in [0.15, 0.2) is 72.8 Å². The molecule has 0 radical (unpaired) electrons. The summed E-state index contributed by atoms with van der Waals surface area (Å²) in [6.45, 7) is 0. The Balaban J connectivity index is 1.93. The normalized spacial score (nSPS) is 14.3. The number of carbonyl (C=O) groups is 1. The molecule has 0 aliphatic heterocycles. The third kappa shape index (κ3) is 1.80. The van der Waals surface area contributed by atoms with Gasteiger partial charge in [-0.25, -0.2) is 0 Å². The Morgan fingerprint density at radius 1 is 0.556 bits per heavy atom. The summed E-state index contributed by atoms with van der Waals surface area (Å²) in [5.74, 6) is 0.104. The SMILES string of the molecule is O=C1C(c2ccccc2)=CC=C1c1ccccc1. The second-order valence-corrected chi connectivity index (χ2v) is 4.22. The van der Waals surface area contributed by atoms with Crippen LogP contribution in [-0.4, -0.2) is 5.78 Å². The van der Waals surface area contributed by atoms with E-state index >= 15 is 0 Å². The Labute approximate surface area is 106 Å². The molecule has 0 saturated carbocycles. The van der Waals surface area contributed by atoms with Gasteiger partial charge in [-0.15, -0.1) is 0 Å². The monoisotopic (exact) mass is 232 g/mol. The fourth-order valence-corrected chi connectivity index (χ4v) is 2.15. The van der Waals surface area contributed by atoms with Crippen LogP contribution < -0.4 is 0 Å². The zero-order valence-electron chi connectivity index (χ0n) is 9.84. The van der Waals surface area contributed by atoms with Crippen LogP contribution >= 0.6 is 0 Å². The molecule has 0 aromatic heterocycles. The molecule has 3 rings (SSSR count). The number of carbonyl (C=O) groups excluding carboxylic acids is 1. The lowest BCUT2D eigenvalue weighted by Gasteiger charge is -2.04. The van der Waals surface area contributed by atoms with E-state index in [2.05, 4.69) is 0 Å².